The smallest absolute Gasteiger partial charge is 0.151 e. The van der Waals surface area contributed by atoms with Gasteiger partial charge in [-0.2, -0.15) is 0 Å². The van der Waals surface area contributed by atoms with E-state index in [2.05, 4.69) is 0 Å². The Balaban J connectivity index is 4.82. The fourth-order valence-electron chi connectivity index (χ4n) is 1.38. The molecule has 0 amide bonds. The van der Waals surface area contributed by atoms with Gasteiger partial charge < -0.3 is 5.73 Å². The highest BCUT2D eigenvalue weighted by molar-refractivity contribution is 7.91. The third kappa shape index (κ3) is 3.65. The number of nitrogens with two attached hydrogens (primary N) is 1. The number of rotatable bonds is 3. The molecule has 0 spiro atoms. The van der Waals surface area contributed by atoms with Gasteiger partial charge in [0.15, 0.2) is 9.84 Å². The Morgan fingerprint density at radius 2 is 1.69 bits per heavy atom. The molecule has 0 saturated heterocycles. The molecule has 0 aromatic heterocycles. The zero-order valence-corrected chi connectivity index (χ0v) is 9.98. The topological polar surface area (TPSA) is 60.2 Å². The highest BCUT2D eigenvalue weighted by Crippen LogP contribution is 2.24. The lowest BCUT2D eigenvalue weighted by Gasteiger charge is -2.32. The molecule has 0 aromatic carbocycles. The van der Waals surface area contributed by atoms with E-state index < -0.39 is 15.1 Å². The van der Waals surface area contributed by atoms with Crippen molar-refractivity contribution in [3.05, 3.63) is 0 Å². The van der Waals surface area contributed by atoms with Crippen LogP contribution in [-0.2, 0) is 9.84 Å². The van der Waals surface area contributed by atoms with Gasteiger partial charge in [0, 0.05) is 12.3 Å². The molecule has 0 aliphatic heterocycles. The zero-order valence-electron chi connectivity index (χ0n) is 9.16. The maximum absolute atomic E-state index is 11.4. The Morgan fingerprint density at radius 1 is 1.31 bits per heavy atom. The zero-order chi connectivity index (χ0) is 10.9. The molecule has 0 rings (SSSR count). The molecule has 4 heteroatoms. The average molecular weight is 207 g/mol. The van der Waals surface area contributed by atoms with Crippen LogP contribution in [-0.4, -0.2) is 26.0 Å². The van der Waals surface area contributed by atoms with E-state index in [9.17, 15) is 8.42 Å². The van der Waals surface area contributed by atoms with E-state index in [1.807, 2.05) is 27.7 Å². The van der Waals surface area contributed by atoms with E-state index in [0.29, 0.717) is 6.42 Å². The number of sulfone groups is 1. The van der Waals surface area contributed by atoms with Crippen LogP contribution in [0.15, 0.2) is 0 Å². The Hall–Kier alpha value is -0.0900. The first-order chi connectivity index (χ1) is 5.60. The lowest BCUT2D eigenvalue weighted by molar-refractivity contribution is 0.304. The first-order valence-corrected chi connectivity index (χ1v) is 6.50. The molecule has 80 valence electrons. The van der Waals surface area contributed by atoms with Crippen molar-refractivity contribution in [1.82, 2.24) is 0 Å². The van der Waals surface area contributed by atoms with Crippen LogP contribution in [0.5, 0.6) is 0 Å². The van der Waals surface area contributed by atoms with Gasteiger partial charge in [0.25, 0.3) is 0 Å². The maximum Gasteiger partial charge on any atom is 0.151 e. The molecule has 0 bridgehead atoms. The van der Waals surface area contributed by atoms with Crippen molar-refractivity contribution in [3.8, 4) is 0 Å². The summed E-state index contributed by atoms with van der Waals surface area (Å²) >= 11 is 0. The molecule has 0 radical (unpaired) electrons. The lowest BCUT2D eigenvalue weighted by atomic mass is 9.84. The largest absolute Gasteiger partial charge is 0.326 e. The van der Waals surface area contributed by atoms with E-state index in [0.717, 1.165) is 0 Å². The van der Waals surface area contributed by atoms with E-state index in [1.165, 1.54) is 6.26 Å². The van der Waals surface area contributed by atoms with Gasteiger partial charge in [0.1, 0.15) is 0 Å². The number of hydrogen-bond acceptors (Lipinski definition) is 3. The van der Waals surface area contributed by atoms with Crippen molar-refractivity contribution in [2.75, 3.05) is 6.26 Å². The summed E-state index contributed by atoms with van der Waals surface area (Å²) in [5, 5.41) is -0.424. The quantitative estimate of drug-likeness (QED) is 0.756. The summed E-state index contributed by atoms with van der Waals surface area (Å²) in [5.74, 6) is 0. The van der Waals surface area contributed by atoms with Gasteiger partial charge in [-0.3, -0.25) is 0 Å². The number of hydrogen-bond donors (Lipinski definition) is 1. The third-order valence-electron chi connectivity index (χ3n) is 2.35. The van der Waals surface area contributed by atoms with Crippen LogP contribution in [0.25, 0.3) is 0 Å². The van der Waals surface area contributed by atoms with Crippen molar-refractivity contribution in [3.63, 3.8) is 0 Å². The van der Waals surface area contributed by atoms with Gasteiger partial charge in [-0.25, -0.2) is 8.42 Å². The molecule has 2 N–H and O–H groups in total. The molecule has 0 aliphatic rings. The van der Waals surface area contributed by atoms with E-state index in [1.54, 1.807) is 0 Å². The Morgan fingerprint density at radius 3 is 1.77 bits per heavy atom. The molecule has 0 aromatic rings. The van der Waals surface area contributed by atoms with Crippen LogP contribution in [0.1, 0.15) is 34.1 Å². The summed E-state index contributed by atoms with van der Waals surface area (Å²) < 4.78 is 22.7. The summed E-state index contributed by atoms with van der Waals surface area (Å²) in [6.45, 7) is 7.75. The second kappa shape index (κ2) is 3.96. The monoisotopic (exact) mass is 207 g/mol. The van der Waals surface area contributed by atoms with Crippen LogP contribution in [0.4, 0.5) is 0 Å². The molecule has 0 unspecified atom stereocenters. The van der Waals surface area contributed by atoms with Crippen molar-refractivity contribution < 1.29 is 8.42 Å². The van der Waals surface area contributed by atoms with Gasteiger partial charge in [-0.1, -0.05) is 27.7 Å². The van der Waals surface area contributed by atoms with Crippen molar-refractivity contribution in [1.29, 1.82) is 0 Å². The van der Waals surface area contributed by atoms with Crippen LogP contribution < -0.4 is 5.73 Å². The highest BCUT2D eigenvalue weighted by Gasteiger charge is 2.33. The Kier molecular flexibility index (Phi) is 3.94. The second-order valence-corrected chi connectivity index (χ2v) is 6.93. The van der Waals surface area contributed by atoms with E-state index in [4.69, 9.17) is 5.73 Å². The van der Waals surface area contributed by atoms with Crippen LogP contribution in [0.2, 0.25) is 0 Å². The van der Waals surface area contributed by atoms with Gasteiger partial charge in [0.2, 0.25) is 0 Å². The van der Waals surface area contributed by atoms with Crippen LogP contribution in [0.3, 0.4) is 0 Å². The van der Waals surface area contributed by atoms with Gasteiger partial charge in [0.05, 0.1) is 5.25 Å². The molecule has 0 fully saturated rings. The molecule has 0 heterocycles. The highest BCUT2D eigenvalue weighted by atomic mass is 32.2. The minimum Gasteiger partial charge on any atom is -0.326 e. The summed E-state index contributed by atoms with van der Waals surface area (Å²) in [7, 11) is -3.02. The third-order valence-corrected chi connectivity index (χ3v) is 4.08. The fourth-order valence-corrected chi connectivity index (χ4v) is 2.93. The second-order valence-electron chi connectivity index (χ2n) is 4.67. The fraction of sp³-hybridized carbons (Fsp3) is 1.00. The van der Waals surface area contributed by atoms with Gasteiger partial charge >= 0.3 is 0 Å². The van der Waals surface area contributed by atoms with Crippen molar-refractivity contribution >= 4 is 9.84 Å². The van der Waals surface area contributed by atoms with Gasteiger partial charge in [-0.15, -0.1) is 0 Å². The molecular weight excluding hydrogens is 186 g/mol. The van der Waals surface area contributed by atoms with E-state index >= 15 is 0 Å². The van der Waals surface area contributed by atoms with Crippen molar-refractivity contribution in [2.45, 2.75) is 45.4 Å². The summed E-state index contributed by atoms with van der Waals surface area (Å²) in [6.07, 6.45) is 1.84. The molecule has 3 nitrogen and oxygen atoms in total. The molecular formula is C9H21NO2S. The lowest BCUT2D eigenvalue weighted by Crippen LogP contribution is -2.48. The molecule has 13 heavy (non-hydrogen) atoms. The predicted molar refractivity (Wildman–Crippen MR) is 56.4 cm³/mol. The Labute approximate surface area is 81.6 Å². The van der Waals surface area contributed by atoms with Crippen molar-refractivity contribution in [2.24, 2.45) is 11.1 Å². The van der Waals surface area contributed by atoms with Crippen LogP contribution in [0, 0.1) is 5.41 Å². The summed E-state index contributed by atoms with van der Waals surface area (Å²) in [6, 6.07) is -0.299. The first-order valence-electron chi connectivity index (χ1n) is 4.55. The SMILES string of the molecule is CC[C@@H]([C@H](N)C(C)(C)C)S(C)(=O)=O. The maximum atomic E-state index is 11.4. The standard InChI is InChI=1S/C9H21NO2S/c1-6-7(13(5,11)12)8(10)9(2,3)4/h7-8H,6,10H2,1-5H3/t7-,8-/m0/s1. The summed E-state index contributed by atoms with van der Waals surface area (Å²) in [4.78, 5) is 0. The Bertz CT molecular complexity index is 251. The van der Waals surface area contributed by atoms with Gasteiger partial charge in [-0.05, 0) is 11.8 Å². The molecule has 0 saturated carbocycles. The minimum atomic E-state index is -3.02. The summed E-state index contributed by atoms with van der Waals surface area (Å²) in [5.41, 5.74) is 5.75. The molecule has 2 atom stereocenters. The molecule has 0 aliphatic carbocycles. The van der Waals surface area contributed by atoms with Crippen LogP contribution >= 0.6 is 0 Å². The van der Waals surface area contributed by atoms with E-state index in [-0.39, 0.29) is 11.5 Å². The average Bonchev–Trinajstić information content (AvgIpc) is 1.83. The normalized spacial score (nSPS) is 18.3. The minimum absolute atomic E-state index is 0.163. The first kappa shape index (κ1) is 12.9. The predicted octanol–water partition coefficient (Wildman–Crippen LogP) is 1.18.